The van der Waals surface area contributed by atoms with E-state index in [1.165, 1.54) is 10.5 Å². The molecule has 1 saturated carbocycles. The molecule has 1 aromatic heterocycles. The van der Waals surface area contributed by atoms with Crippen molar-refractivity contribution in [2.75, 3.05) is 18.5 Å². The first-order valence-corrected chi connectivity index (χ1v) is 10.8. The molecule has 28 heavy (non-hydrogen) atoms. The second kappa shape index (κ2) is 8.92. The van der Waals surface area contributed by atoms with Crippen LogP contribution in [-0.4, -0.2) is 29.1 Å². The zero-order valence-corrected chi connectivity index (χ0v) is 16.9. The number of ether oxygens (including phenoxy) is 1. The van der Waals surface area contributed by atoms with Crippen LogP contribution in [0.5, 0.6) is 0 Å². The van der Waals surface area contributed by atoms with Crippen LogP contribution in [0.1, 0.15) is 38.2 Å². The van der Waals surface area contributed by atoms with Gasteiger partial charge in [0, 0.05) is 23.8 Å². The standard InChI is InChI=1S/C21H26N4O2S/c1-2-27-21(26)16-6-3-14(4-7-16)12-22-13-15-5-8-18-17(11-15)25-19-20(28-18)24-10-9-23-19/h5,8-11,14,16,22H,2-4,6-7,12-13H2,1H3,(H,23,25). The average molecular weight is 399 g/mol. The number of rotatable bonds is 6. The summed E-state index contributed by atoms with van der Waals surface area (Å²) in [7, 11) is 0. The van der Waals surface area contributed by atoms with Gasteiger partial charge in [0.2, 0.25) is 0 Å². The van der Waals surface area contributed by atoms with Crippen molar-refractivity contribution < 1.29 is 9.53 Å². The Morgan fingerprint density at radius 1 is 1.25 bits per heavy atom. The maximum Gasteiger partial charge on any atom is 0.308 e. The highest BCUT2D eigenvalue weighted by atomic mass is 32.2. The van der Waals surface area contributed by atoms with Crippen LogP contribution in [0, 0.1) is 11.8 Å². The van der Waals surface area contributed by atoms with Crippen LogP contribution < -0.4 is 10.6 Å². The van der Waals surface area contributed by atoms with Crippen LogP contribution >= 0.6 is 11.8 Å². The first-order chi connectivity index (χ1) is 13.7. The second-order valence-electron chi connectivity index (χ2n) is 7.37. The largest absolute Gasteiger partial charge is 0.466 e. The predicted molar refractivity (Wildman–Crippen MR) is 110 cm³/mol. The first-order valence-electron chi connectivity index (χ1n) is 9.99. The van der Waals surface area contributed by atoms with Crippen molar-refractivity contribution in [2.45, 2.75) is 49.1 Å². The molecule has 2 heterocycles. The summed E-state index contributed by atoms with van der Waals surface area (Å²) in [5.41, 5.74) is 2.34. The molecular weight excluding hydrogens is 372 g/mol. The monoisotopic (exact) mass is 398 g/mol. The number of benzene rings is 1. The van der Waals surface area contributed by atoms with Gasteiger partial charge in [0.1, 0.15) is 5.03 Å². The molecular formula is C21H26N4O2S. The molecule has 0 saturated heterocycles. The van der Waals surface area contributed by atoms with Crippen LogP contribution in [0.4, 0.5) is 11.5 Å². The highest BCUT2D eigenvalue weighted by Gasteiger charge is 2.27. The van der Waals surface area contributed by atoms with E-state index in [0.717, 1.165) is 55.3 Å². The molecule has 2 N–H and O–H groups in total. The van der Waals surface area contributed by atoms with E-state index in [9.17, 15) is 4.79 Å². The molecule has 0 unspecified atom stereocenters. The molecule has 4 rings (SSSR count). The topological polar surface area (TPSA) is 76.1 Å². The number of anilines is 2. The Bertz CT molecular complexity index is 837. The Kier molecular flexibility index (Phi) is 6.12. The van der Waals surface area contributed by atoms with Gasteiger partial charge in [-0.2, -0.15) is 0 Å². The Balaban J connectivity index is 1.25. The van der Waals surface area contributed by atoms with Gasteiger partial charge in [-0.1, -0.05) is 17.8 Å². The molecule has 1 aromatic carbocycles. The number of carbonyl (C=O) groups is 1. The molecule has 7 heteroatoms. The Labute approximate surface area is 169 Å². The molecule has 1 aliphatic heterocycles. The van der Waals surface area contributed by atoms with Crippen molar-refractivity contribution >= 4 is 29.2 Å². The summed E-state index contributed by atoms with van der Waals surface area (Å²) in [5.74, 6) is 1.55. The van der Waals surface area contributed by atoms with Gasteiger partial charge in [-0.3, -0.25) is 4.79 Å². The van der Waals surface area contributed by atoms with E-state index in [1.54, 1.807) is 24.2 Å². The number of aromatic nitrogens is 2. The van der Waals surface area contributed by atoms with E-state index in [2.05, 4.69) is 38.8 Å². The van der Waals surface area contributed by atoms with Gasteiger partial charge >= 0.3 is 5.97 Å². The molecule has 0 radical (unpaired) electrons. The minimum absolute atomic E-state index is 0.0143. The van der Waals surface area contributed by atoms with Crippen LogP contribution in [0.25, 0.3) is 0 Å². The summed E-state index contributed by atoms with van der Waals surface area (Å²) < 4.78 is 5.15. The number of nitrogens with one attached hydrogen (secondary N) is 2. The maximum atomic E-state index is 11.8. The lowest BCUT2D eigenvalue weighted by atomic mass is 9.82. The second-order valence-corrected chi connectivity index (χ2v) is 8.40. The first kappa shape index (κ1) is 19.2. The van der Waals surface area contributed by atoms with E-state index < -0.39 is 0 Å². The summed E-state index contributed by atoms with van der Waals surface area (Å²) in [5, 5.41) is 7.88. The van der Waals surface area contributed by atoms with Crippen LogP contribution in [0.15, 0.2) is 40.5 Å². The summed E-state index contributed by atoms with van der Waals surface area (Å²) in [6, 6.07) is 6.50. The van der Waals surface area contributed by atoms with Crippen molar-refractivity contribution in [1.29, 1.82) is 0 Å². The van der Waals surface area contributed by atoms with Gasteiger partial charge in [0.15, 0.2) is 5.82 Å². The molecule has 1 fully saturated rings. The summed E-state index contributed by atoms with van der Waals surface area (Å²) in [6.07, 6.45) is 7.51. The predicted octanol–water partition coefficient (Wildman–Crippen LogP) is 4.14. The lowest BCUT2D eigenvalue weighted by molar-refractivity contribution is -0.149. The SMILES string of the molecule is CCOC(=O)C1CCC(CNCc2ccc3c(c2)Nc2nccnc2S3)CC1. The molecule has 6 nitrogen and oxygen atoms in total. The molecule has 2 aliphatic rings. The van der Waals surface area contributed by atoms with Crippen LogP contribution in [-0.2, 0) is 16.1 Å². The third kappa shape index (κ3) is 4.47. The zero-order chi connectivity index (χ0) is 19.3. The summed E-state index contributed by atoms with van der Waals surface area (Å²) in [4.78, 5) is 21.7. The number of esters is 1. The van der Waals surface area contributed by atoms with Crippen LogP contribution in [0.3, 0.4) is 0 Å². The number of fused-ring (bicyclic) bond motifs is 2. The molecule has 2 aromatic rings. The highest BCUT2D eigenvalue weighted by molar-refractivity contribution is 7.99. The zero-order valence-electron chi connectivity index (χ0n) is 16.1. The molecule has 0 amide bonds. The lowest BCUT2D eigenvalue weighted by Gasteiger charge is -2.27. The van der Waals surface area contributed by atoms with E-state index in [1.807, 2.05) is 6.92 Å². The van der Waals surface area contributed by atoms with Crippen molar-refractivity contribution in [3.63, 3.8) is 0 Å². The molecule has 0 spiro atoms. The van der Waals surface area contributed by atoms with Gasteiger partial charge in [0.05, 0.1) is 18.2 Å². The highest BCUT2D eigenvalue weighted by Crippen LogP contribution is 2.42. The quantitative estimate of drug-likeness (QED) is 0.604. The van der Waals surface area contributed by atoms with Gasteiger partial charge < -0.3 is 15.4 Å². The minimum atomic E-state index is -0.0143. The van der Waals surface area contributed by atoms with Gasteiger partial charge in [-0.05, 0) is 62.8 Å². The summed E-state index contributed by atoms with van der Waals surface area (Å²) >= 11 is 1.65. The van der Waals surface area contributed by atoms with Crippen molar-refractivity contribution in [3.05, 3.63) is 36.2 Å². The fourth-order valence-electron chi connectivity index (χ4n) is 3.87. The van der Waals surface area contributed by atoms with E-state index in [0.29, 0.717) is 12.5 Å². The fraction of sp³-hybridized carbons (Fsp3) is 0.476. The Hall–Kier alpha value is -2.12. The fourth-order valence-corrected chi connectivity index (χ4v) is 4.75. The van der Waals surface area contributed by atoms with Crippen molar-refractivity contribution in [2.24, 2.45) is 11.8 Å². The normalized spacial score (nSPS) is 20.6. The molecule has 0 atom stereocenters. The lowest BCUT2D eigenvalue weighted by Crippen LogP contribution is -2.29. The minimum Gasteiger partial charge on any atom is -0.466 e. The van der Waals surface area contributed by atoms with E-state index in [4.69, 9.17) is 4.74 Å². The molecule has 1 aliphatic carbocycles. The van der Waals surface area contributed by atoms with Gasteiger partial charge in [0.25, 0.3) is 0 Å². The maximum absolute atomic E-state index is 11.8. The third-order valence-electron chi connectivity index (χ3n) is 5.40. The van der Waals surface area contributed by atoms with E-state index in [-0.39, 0.29) is 11.9 Å². The average Bonchev–Trinajstić information content (AvgIpc) is 2.73. The molecule has 0 bridgehead atoms. The van der Waals surface area contributed by atoms with E-state index >= 15 is 0 Å². The van der Waals surface area contributed by atoms with Crippen LogP contribution in [0.2, 0.25) is 0 Å². The summed E-state index contributed by atoms with van der Waals surface area (Å²) in [6.45, 7) is 4.18. The van der Waals surface area contributed by atoms with Gasteiger partial charge in [-0.15, -0.1) is 0 Å². The van der Waals surface area contributed by atoms with Crippen molar-refractivity contribution in [1.82, 2.24) is 15.3 Å². The number of hydrogen-bond donors (Lipinski definition) is 2. The molecule has 148 valence electrons. The Morgan fingerprint density at radius 2 is 2.07 bits per heavy atom. The van der Waals surface area contributed by atoms with Crippen molar-refractivity contribution in [3.8, 4) is 0 Å². The smallest absolute Gasteiger partial charge is 0.308 e. The third-order valence-corrected chi connectivity index (χ3v) is 6.47. The number of hydrogen-bond acceptors (Lipinski definition) is 7. The van der Waals surface area contributed by atoms with Gasteiger partial charge in [-0.25, -0.2) is 9.97 Å². The number of nitrogens with zero attached hydrogens (tertiary/aromatic N) is 2. The Morgan fingerprint density at radius 3 is 2.89 bits per heavy atom. The number of carbonyl (C=O) groups excluding carboxylic acids is 1.